The monoisotopic (exact) mass is 343 g/mol. The minimum atomic E-state index is -0.367. The molecule has 0 saturated heterocycles. The van der Waals surface area contributed by atoms with Gasteiger partial charge >= 0.3 is 5.97 Å². The first-order valence-electron chi connectivity index (χ1n) is 7.68. The predicted octanol–water partition coefficient (Wildman–Crippen LogP) is 3.58. The Bertz CT molecular complexity index is 713. The number of carbonyl (C=O) groups excluding carboxylic acids is 2. The third kappa shape index (κ3) is 5.13. The summed E-state index contributed by atoms with van der Waals surface area (Å²) in [6.45, 7) is 4.36. The van der Waals surface area contributed by atoms with E-state index < -0.39 is 0 Å². The van der Waals surface area contributed by atoms with Crippen molar-refractivity contribution in [3.8, 4) is 0 Å². The van der Waals surface area contributed by atoms with Crippen LogP contribution in [0.4, 0.5) is 0 Å². The van der Waals surface area contributed by atoms with Crippen molar-refractivity contribution in [2.75, 3.05) is 7.11 Å². The van der Waals surface area contributed by atoms with E-state index in [0.29, 0.717) is 12.1 Å². The smallest absolute Gasteiger partial charge is 0.337 e. The second-order valence-corrected chi connectivity index (χ2v) is 6.90. The van der Waals surface area contributed by atoms with E-state index in [9.17, 15) is 9.59 Å². The van der Waals surface area contributed by atoms with Crippen molar-refractivity contribution in [3.63, 3.8) is 0 Å². The first kappa shape index (κ1) is 18.1. The van der Waals surface area contributed by atoms with E-state index in [-0.39, 0.29) is 17.1 Å². The number of rotatable bonds is 6. The molecule has 0 radical (unpaired) electrons. The number of methoxy groups -OCH3 is 1. The number of ether oxygens (including phenoxy) is 1. The standard InChI is InChI=1S/C19H21NO3S/c1-13-5-4-6-17(11-13)24-14(2)18(21)20-12-15-7-9-16(10-8-15)19(22)23-3/h4-11,14H,12H2,1-3H3,(H,20,21). The van der Waals surface area contributed by atoms with Crippen molar-refractivity contribution in [2.24, 2.45) is 0 Å². The molecule has 0 aliphatic heterocycles. The molecule has 0 fully saturated rings. The minimum Gasteiger partial charge on any atom is -0.465 e. The molecule has 4 nitrogen and oxygen atoms in total. The second kappa shape index (κ2) is 8.55. The van der Waals surface area contributed by atoms with Gasteiger partial charge in [-0.2, -0.15) is 0 Å². The zero-order valence-corrected chi connectivity index (χ0v) is 14.9. The van der Waals surface area contributed by atoms with E-state index in [1.807, 2.05) is 44.2 Å². The molecule has 1 atom stereocenters. The molecule has 126 valence electrons. The molecular weight excluding hydrogens is 322 g/mol. The Morgan fingerprint density at radius 3 is 2.50 bits per heavy atom. The molecular formula is C19H21NO3S. The van der Waals surface area contributed by atoms with Gasteiger partial charge in [-0.25, -0.2) is 4.79 Å². The van der Waals surface area contributed by atoms with Crippen LogP contribution >= 0.6 is 11.8 Å². The third-order valence-electron chi connectivity index (χ3n) is 3.51. The summed E-state index contributed by atoms with van der Waals surface area (Å²) in [5.41, 5.74) is 2.61. The topological polar surface area (TPSA) is 55.4 Å². The van der Waals surface area contributed by atoms with Crippen LogP contribution in [0.1, 0.15) is 28.4 Å². The van der Waals surface area contributed by atoms with Gasteiger partial charge in [0.05, 0.1) is 17.9 Å². The number of thioether (sulfide) groups is 1. The molecule has 0 aliphatic rings. The molecule has 1 unspecified atom stereocenters. The van der Waals surface area contributed by atoms with E-state index in [1.54, 1.807) is 12.1 Å². The average Bonchev–Trinajstić information content (AvgIpc) is 2.59. The minimum absolute atomic E-state index is 0.0152. The van der Waals surface area contributed by atoms with Gasteiger partial charge in [-0.15, -0.1) is 11.8 Å². The Morgan fingerprint density at radius 1 is 1.17 bits per heavy atom. The van der Waals surface area contributed by atoms with Gasteiger partial charge in [0.25, 0.3) is 0 Å². The number of nitrogens with one attached hydrogen (secondary N) is 1. The molecule has 5 heteroatoms. The van der Waals surface area contributed by atoms with Crippen LogP contribution in [0, 0.1) is 6.92 Å². The fourth-order valence-corrected chi connectivity index (χ4v) is 3.17. The largest absolute Gasteiger partial charge is 0.465 e. The maximum absolute atomic E-state index is 12.2. The Kier molecular flexibility index (Phi) is 6.44. The summed E-state index contributed by atoms with van der Waals surface area (Å²) in [4.78, 5) is 24.7. The summed E-state index contributed by atoms with van der Waals surface area (Å²) in [6.07, 6.45) is 0. The highest BCUT2D eigenvalue weighted by Crippen LogP contribution is 2.24. The SMILES string of the molecule is COC(=O)c1ccc(CNC(=O)C(C)Sc2cccc(C)c2)cc1. The average molecular weight is 343 g/mol. The molecule has 0 aliphatic carbocycles. The van der Waals surface area contributed by atoms with Crippen LogP contribution in [-0.4, -0.2) is 24.2 Å². The molecule has 1 N–H and O–H groups in total. The van der Waals surface area contributed by atoms with Crippen LogP contribution in [0.15, 0.2) is 53.4 Å². The Balaban J connectivity index is 1.87. The van der Waals surface area contributed by atoms with E-state index >= 15 is 0 Å². The van der Waals surface area contributed by atoms with Gasteiger partial charge in [0.1, 0.15) is 0 Å². The molecule has 0 bridgehead atoms. The van der Waals surface area contributed by atoms with Gasteiger partial charge in [-0.3, -0.25) is 4.79 Å². The Hall–Kier alpha value is -2.27. The maximum Gasteiger partial charge on any atom is 0.337 e. The summed E-state index contributed by atoms with van der Waals surface area (Å²) < 4.78 is 4.66. The molecule has 2 rings (SSSR count). The van der Waals surface area contributed by atoms with Crippen molar-refractivity contribution in [3.05, 3.63) is 65.2 Å². The van der Waals surface area contributed by atoms with E-state index in [0.717, 1.165) is 10.5 Å². The van der Waals surface area contributed by atoms with E-state index in [2.05, 4.69) is 16.1 Å². The van der Waals surface area contributed by atoms with Gasteiger partial charge in [0.2, 0.25) is 5.91 Å². The number of benzene rings is 2. The van der Waals surface area contributed by atoms with Crippen LogP contribution in [0.25, 0.3) is 0 Å². The number of carbonyl (C=O) groups is 2. The van der Waals surface area contributed by atoms with E-state index in [4.69, 9.17) is 0 Å². The molecule has 0 saturated carbocycles. The fraction of sp³-hybridized carbons (Fsp3) is 0.263. The summed E-state index contributed by atoms with van der Waals surface area (Å²) in [6, 6.07) is 15.1. The van der Waals surface area contributed by atoms with Crippen molar-refractivity contribution < 1.29 is 14.3 Å². The molecule has 2 aromatic rings. The van der Waals surface area contributed by atoms with Gasteiger partial charge in [-0.1, -0.05) is 29.8 Å². The number of hydrogen-bond donors (Lipinski definition) is 1. The maximum atomic E-state index is 12.2. The van der Waals surface area contributed by atoms with Crippen LogP contribution in [0.2, 0.25) is 0 Å². The normalized spacial score (nSPS) is 11.6. The highest BCUT2D eigenvalue weighted by Gasteiger charge is 2.14. The van der Waals surface area contributed by atoms with Crippen LogP contribution in [0.3, 0.4) is 0 Å². The Morgan fingerprint density at radius 2 is 1.88 bits per heavy atom. The molecule has 0 spiro atoms. The van der Waals surface area contributed by atoms with Crippen molar-refractivity contribution >= 4 is 23.6 Å². The molecule has 0 heterocycles. The molecule has 0 aromatic heterocycles. The molecule has 2 aromatic carbocycles. The van der Waals surface area contributed by atoms with Crippen molar-refractivity contribution in [2.45, 2.75) is 30.5 Å². The summed E-state index contributed by atoms with van der Waals surface area (Å²) in [5.74, 6) is -0.382. The van der Waals surface area contributed by atoms with Crippen molar-refractivity contribution in [1.29, 1.82) is 0 Å². The summed E-state index contributed by atoms with van der Waals surface area (Å²) in [7, 11) is 1.35. The number of amides is 1. The number of aryl methyl sites for hydroxylation is 1. The van der Waals surface area contributed by atoms with Crippen LogP contribution < -0.4 is 5.32 Å². The van der Waals surface area contributed by atoms with Gasteiger partial charge in [-0.05, 0) is 43.7 Å². The lowest BCUT2D eigenvalue weighted by atomic mass is 10.1. The van der Waals surface area contributed by atoms with E-state index in [1.165, 1.54) is 24.4 Å². The molecule has 1 amide bonds. The first-order valence-corrected chi connectivity index (χ1v) is 8.56. The third-order valence-corrected chi connectivity index (χ3v) is 4.61. The number of hydrogen-bond acceptors (Lipinski definition) is 4. The predicted molar refractivity (Wildman–Crippen MR) is 96.1 cm³/mol. The fourth-order valence-electron chi connectivity index (χ4n) is 2.16. The number of esters is 1. The lowest BCUT2D eigenvalue weighted by Crippen LogP contribution is -2.30. The lowest BCUT2D eigenvalue weighted by Gasteiger charge is -2.12. The van der Waals surface area contributed by atoms with Crippen molar-refractivity contribution in [1.82, 2.24) is 5.32 Å². The van der Waals surface area contributed by atoms with Crippen LogP contribution in [-0.2, 0) is 16.1 Å². The lowest BCUT2D eigenvalue weighted by molar-refractivity contribution is -0.120. The highest BCUT2D eigenvalue weighted by molar-refractivity contribution is 8.00. The van der Waals surface area contributed by atoms with Gasteiger partial charge in [0.15, 0.2) is 0 Å². The molecule has 24 heavy (non-hydrogen) atoms. The Labute approximate surface area is 146 Å². The zero-order chi connectivity index (χ0) is 17.5. The van der Waals surface area contributed by atoms with Gasteiger partial charge in [0, 0.05) is 11.4 Å². The quantitative estimate of drug-likeness (QED) is 0.643. The van der Waals surface area contributed by atoms with Gasteiger partial charge < -0.3 is 10.1 Å². The first-order chi connectivity index (χ1) is 11.5. The highest BCUT2D eigenvalue weighted by atomic mass is 32.2. The summed E-state index contributed by atoms with van der Waals surface area (Å²) in [5, 5.41) is 2.74. The summed E-state index contributed by atoms with van der Waals surface area (Å²) >= 11 is 1.54. The van der Waals surface area contributed by atoms with Crippen LogP contribution in [0.5, 0.6) is 0 Å². The second-order valence-electron chi connectivity index (χ2n) is 5.48. The zero-order valence-electron chi connectivity index (χ0n) is 14.0.